The maximum absolute atomic E-state index is 9.72. The van der Waals surface area contributed by atoms with Crippen LogP contribution in [0.1, 0.15) is 50.2 Å². The smallest absolute Gasteiger partial charge is 0.141 e. The molecule has 0 bridgehead atoms. The average molecular weight is 381 g/mol. The maximum Gasteiger partial charge on any atom is 0.141 e. The monoisotopic (exact) mass is 380 g/mol. The summed E-state index contributed by atoms with van der Waals surface area (Å²) in [5.41, 5.74) is 2.76. The van der Waals surface area contributed by atoms with E-state index in [2.05, 4.69) is 27.0 Å². The third-order valence-corrected chi connectivity index (χ3v) is 5.65. The fraction of sp³-hybridized carbons (Fsp3) is 0.556. The quantitative estimate of drug-likeness (QED) is 0.759. The van der Waals surface area contributed by atoms with Crippen LogP contribution in [0, 0.1) is 25.2 Å². The lowest BCUT2D eigenvalue weighted by Gasteiger charge is -2.34. The summed E-state index contributed by atoms with van der Waals surface area (Å²) in [5.74, 6) is 0. The van der Waals surface area contributed by atoms with Crippen molar-refractivity contribution in [1.82, 2.24) is 4.98 Å². The molecule has 1 N–H and O–H groups in total. The van der Waals surface area contributed by atoms with Gasteiger partial charge in [0, 0.05) is 0 Å². The molecular formula is C18H25BrN2O2. The van der Waals surface area contributed by atoms with Crippen LogP contribution in [0.2, 0.25) is 0 Å². The molecule has 1 rings (SSSR count). The highest BCUT2D eigenvalue weighted by atomic mass is 79.9. The van der Waals surface area contributed by atoms with Gasteiger partial charge in [0.25, 0.3) is 0 Å². The van der Waals surface area contributed by atoms with Gasteiger partial charge < -0.3 is 9.84 Å². The largest absolute Gasteiger partial charge is 0.392 e. The van der Waals surface area contributed by atoms with Crippen LogP contribution in [0.4, 0.5) is 0 Å². The summed E-state index contributed by atoms with van der Waals surface area (Å²) < 4.78 is 6.02. The molecular weight excluding hydrogens is 356 g/mol. The van der Waals surface area contributed by atoms with Crippen LogP contribution in [0.15, 0.2) is 12.1 Å². The van der Waals surface area contributed by atoms with Crippen molar-refractivity contribution >= 4 is 22.0 Å². The van der Waals surface area contributed by atoms with Crippen LogP contribution in [-0.2, 0) is 4.74 Å². The summed E-state index contributed by atoms with van der Waals surface area (Å²) in [6, 6.07) is 3.86. The fourth-order valence-electron chi connectivity index (χ4n) is 2.37. The Kier molecular flexibility index (Phi) is 6.94. The molecule has 0 saturated carbocycles. The Labute approximate surface area is 147 Å². The Morgan fingerprint density at radius 3 is 2.52 bits per heavy atom. The third-order valence-electron chi connectivity index (χ3n) is 3.79. The van der Waals surface area contributed by atoms with Gasteiger partial charge in [-0.1, -0.05) is 22.0 Å². The predicted molar refractivity (Wildman–Crippen MR) is 96.5 cm³/mol. The van der Waals surface area contributed by atoms with Gasteiger partial charge in [-0.3, -0.25) is 0 Å². The summed E-state index contributed by atoms with van der Waals surface area (Å²) in [7, 11) is 0. The first kappa shape index (κ1) is 19.8. The van der Waals surface area contributed by atoms with Gasteiger partial charge in [-0.05, 0) is 64.8 Å². The van der Waals surface area contributed by atoms with Gasteiger partial charge >= 0.3 is 0 Å². The van der Waals surface area contributed by atoms with Gasteiger partial charge in [0.05, 0.1) is 28.3 Å². The molecule has 3 unspecified atom stereocenters. The van der Waals surface area contributed by atoms with E-state index < -0.39 is 11.7 Å². The van der Waals surface area contributed by atoms with Crippen molar-refractivity contribution in [3.05, 3.63) is 34.7 Å². The summed E-state index contributed by atoms with van der Waals surface area (Å²) >= 11 is 3.48. The Morgan fingerprint density at radius 1 is 1.39 bits per heavy atom. The van der Waals surface area contributed by atoms with Crippen molar-refractivity contribution in [2.45, 2.75) is 64.2 Å². The maximum atomic E-state index is 9.72. The summed E-state index contributed by atoms with van der Waals surface area (Å²) in [6.45, 7) is 11.5. The molecule has 23 heavy (non-hydrogen) atoms. The van der Waals surface area contributed by atoms with Crippen molar-refractivity contribution in [3.63, 3.8) is 0 Å². The van der Waals surface area contributed by atoms with Crippen molar-refractivity contribution in [2.24, 2.45) is 0 Å². The molecule has 5 heteroatoms. The second-order valence-corrected chi connectivity index (χ2v) is 7.36. The van der Waals surface area contributed by atoms with Crippen LogP contribution in [-0.4, -0.2) is 32.7 Å². The van der Waals surface area contributed by atoms with Crippen molar-refractivity contribution in [3.8, 4) is 6.07 Å². The van der Waals surface area contributed by atoms with E-state index in [0.717, 1.165) is 16.8 Å². The molecule has 0 aliphatic carbocycles. The topological polar surface area (TPSA) is 66.1 Å². The standard InChI is InChI=1S/C18H25BrN2O2/c1-11-9-15(10-20)21-16(13(11)3)8-7-12(2)23-18(5,6)17(19)14(4)22/h7-9,12,14,17,22H,1-6H3/b8-7-. The lowest BCUT2D eigenvalue weighted by atomic mass is 10.0. The number of aliphatic hydroxyl groups excluding tert-OH is 1. The van der Waals surface area contributed by atoms with Crippen molar-refractivity contribution in [2.75, 3.05) is 0 Å². The molecule has 1 aromatic rings. The van der Waals surface area contributed by atoms with Crippen LogP contribution < -0.4 is 0 Å². The summed E-state index contributed by atoms with van der Waals surface area (Å²) in [4.78, 5) is 4.16. The van der Waals surface area contributed by atoms with Crippen molar-refractivity contribution < 1.29 is 9.84 Å². The summed E-state index contributed by atoms with van der Waals surface area (Å²) in [5, 5.41) is 18.7. The number of alkyl halides is 1. The number of aromatic nitrogens is 1. The SMILES string of the molecule is Cc1cc(C#N)nc(/C=C\C(C)OC(C)(C)C(Br)C(C)O)c1C. The number of rotatable bonds is 6. The fourth-order valence-corrected chi connectivity index (χ4v) is 2.48. The number of hydrogen-bond acceptors (Lipinski definition) is 4. The van der Waals surface area contributed by atoms with Gasteiger partial charge in [-0.25, -0.2) is 4.98 Å². The van der Waals surface area contributed by atoms with Gasteiger partial charge in [0.2, 0.25) is 0 Å². The van der Waals surface area contributed by atoms with E-state index >= 15 is 0 Å². The molecule has 0 saturated heterocycles. The lowest BCUT2D eigenvalue weighted by Crippen LogP contribution is -2.43. The normalized spacial score (nSPS) is 16.1. The first-order valence-electron chi connectivity index (χ1n) is 7.65. The Balaban J connectivity index is 2.90. The van der Waals surface area contributed by atoms with E-state index in [1.807, 2.05) is 46.8 Å². The molecule has 0 aliphatic heterocycles. The molecule has 1 heterocycles. The number of halogens is 1. The number of aliphatic hydroxyl groups is 1. The van der Waals surface area contributed by atoms with E-state index in [0.29, 0.717) is 5.69 Å². The lowest BCUT2D eigenvalue weighted by molar-refractivity contribution is -0.0600. The van der Waals surface area contributed by atoms with Crippen LogP contribution >= 0.6 is 15.9 Å². The first-order valence-corrected chi connectivity index (χ1v) is 8.56. The minimum atomic E-state index is -0.523. The third kappa shape index (κ3) is 5.42. The molecule has 0 aliphatic rings. The Hall–Kier alpha value is -1.22. The van der Waals surface area contributed by atoms with Gasteiger partial charge in [-0.2, -0.15) is 5.26 Å². The molecule has 0 amide bonds. The average Bonchev–Trinajstić information content (AvgIpc) is 2.47. The zero-order valence-corrected chi connectivity index (χ0v) is 16.2. The predicted octanol–water partition coefficient (Wildman–Crippen LogP) is 3.91. The molecule has 4 nitrogen and oxygen atoms in total. The molecule has 0 radical (unpaired) electrons. The van der Waals surface area contributed by atoms with Crippen LogP contribution in [0.5, 0.6) is 0 Å². The molecule has 0 spiro atoms. The number of nitriles is 1. The van der Waals surface area contributed by atoms with Gasteiger partial charge in [0.1, 0.15) is 11.8 Å². The first-order chi connectivity index (χ1) is 10.6. The zero-order valence-electron chi connectivity index (χ0n) is 14.6. The number of nitrogens with zero attached hydrogens (tertiary/aromatic N) is 2. The molecule has 1 aromatic heterocycles. The summed E-state index contributed by atoms with van der Waals surface area (Å²) in [6.07, 6.45) is 3.13. The highest BCUT2D eigenvalue weighted by Crippen LogP contribution is 2.27. The van der Waals surface area contributed by atoms with Crippen LogP contribution in [0.25, 0.3) is 6.08 Å². The van der Waals surface area contributed by atoms with E-state index in [1.54, 1.807) is 13.0 Å². The second-order valence-electron chi connectivity index (χ2n) is 6.37. The highest BCUT2D eigenvalue weighted by Gasteiger charge is 2.32. The molecule has 3 atom stereocenters. The highest BCUT2D eigenvalue weighted by molar-refractivity contribution is 9.09. The number of ether oxygens (including phenoxy) is 1. The molecule has 0 aromatic carbocycles. The van der Waals surface area contributed by atoms with Gasteiger partial charge in [0.15, 0.2) is 0 Å². The van der Waals surface area contributed by atoms with E-state index in [1.165, 1.54) is 0 Å². The minimum Gasteiger partial charge on any atom is -0.392 e. The molecule has 126 valence electrons. The zero-order chi connectivity index (χ0) is 17.8. The number of hydrogen-bond donors (Lipinski definition) is 1. The minimum absolute atomic E-state index is 0.156. The number of pyridine rings is 1. The Bertz CT molecular complexity index is 618. The number of aryl methyl sites for hydroxylation is 1. The Morgan fingerprint density at radius 2 is 2.00 bits per heavy atom. The second kappa shape index (κ2) is 8.05. The van der Waals surface area contributed by atoms with E-state index in [-0.39, 0.29) is 10.9 Å². The van der Waals surface area contributed by atoms with Gasteiger partial charge in [-0.15, -0.1) is 0 Å². The van der Waals surface area contributed by atoms with E-state index in [4.69, 9.17) is 10.00 Å². The van der Waals surface area contributed by atoms with E-state index in [9.17, 15) is 5.11 Å². The van der Waals surface area contributed by atoms with Crippen molar-refractivity contribution in [1.29, 1.82) is 5.26 Å². The van der Waals surface area contributed by atoms with Crippen LogP contribution in [0.3, 0.4) is 0 Å². The molecule has 0 fully saturated rings.